The van der Waals surface area contributed by atoms with Gasteiger partial charge in [-0.1, -0.05) is 18.2 Å². The molecule has 5 heteroatoms. The maximum atomic E-state index is 13.5. The van der Waals surface area contributed by atoms with Crippen molar-refractivity contribution in [1.29, 1.82) is 0 Å². The smallest absolute Gasteiger partial charge is 0.138 e. The molecule has 2 N–H and O–H groups in total. The maximum Gasteiger partial charge on any atom is 0.138 e. The molecule has 0 amide bonds. The highest BCUT2D eigenvalue weighted by molar-refractivity contribution is 5.18. The Morgan fingerprint density at radius 2 is 2.11 bits per heavy atom. The van der Waals surface area contributed by atoms with Crippen LogP contribution in [0, 0.1) is 5.82 Å². The first-order chi connectivity index (χ1) is 8.70. The van der Waals surface area contributed by atoms with E-state index >= 15 is 0 Å². The average Bonchev–Trinajstić information content (AvgIpc) is 2.79. The fourth-order valence-electron chi connectivity index (χ4n) is 1.96. The summed E-state index contributed by atoms with van der Waals surface area (Å²) in [6, 6.07) is 6.56. The van der Waals surface area contributed by atoms with Gasteiger partial charge in [0.2, 0.25) is 0 Å². The Morgan fingerprint density at radius 1 is 1.33 bits per heavy atom. The summed E-state index contributed by atoms with van der Waals surface area (Å²) in [6.07, 6.45) is 2.63. The Bertz CT molecular complexity index is 509. The number of nitrogens with zero attached hydrogens (tertiary/aromatic N) is 3. The Morgan fingerprint density at radius 3 is 2.83 bits per heavy atom. The summed E-state index contributed by atoms with van der Waals surface area (Å²) in [5.41, 5.74) is 6.69. The standard InChI is InChI=1S/C13H17FN4/c1-2-18-13(16-9-17-18)8-11(15)7-10-5-3-4-6-12(10)14/h3-6,9,11H,2,7-8,15H2,1H3. The molecule has 0 spiro atoms. The van der Waals surface area contributed by atoms with Gasteiger partial charge in [0.05, 0.1) is 0 Å². The summed E-state index contributed by atoms with van der Waals surface area (Å²) in [4.78, 5) is 4.17. The first kappa shape index (κ1) is 12.7. The molecule has 0 aliphatic rings. The molecule has 4 nitrogen and oxygen atoms in total. The lowest BCUT2D eigenvalue weighted by atomic mass is 10.0. The first-order valence-corrected chi connectivity index (χ1v) is 6.06. The quantitative estimate of drug-likeness (QED) is 0.873. The molecular weight excluding hydrogens is 231 g/mol. The monoisotopic (exact) mass is 248 g/mol. The van der Waals surface area contributed by atoms with Gasteiger partial charge >= 0.3 is 0 Å². The van der Waals surface area contributed by atoms with Crippen LogP contribution in [0.25, 0.3) is 0 Å². The van der Waals surface area contributed by atoms with Gasteiger partial charge in [0.1, 0.15) is 18.0 Å². The van der Waals surface area contributed by atoms with Crippen molar-refractivity contribution >= 4 is 0 Å². The van der Waals surface area contributed by atoms with Crippen molar-refractivity contribution in [1.82, 2.24) is 14.8 Å². The summed E-state index contributed by atoms with van der Waals surface area (Å²) in [5.74, 6) is 0.645. The number of nitrogens with two attached hydrogens (primary N) is 1. The lowest BCUT2D eigenvalue weighted by Gasteiger charge is -2.12. The maximum absolute atomic E-state index is 13.5. The van der Waals surface area contributed by atoms with Crippen LogP contribution in [-0.4, -0.2) is 20.8 Å². The molecule has 1 aromatic carbocycles. The fraction of sp³-hybridized carbons (Fsp3) is 0.385. The third kappa shape index (κ3) is 2.92. The molecule has 18 heavy (non-hydrogen) atoms. The van der Waals surface area contributed by atoms with Gasteiger partial charge in [0.15, 0.2) is 0 Å². The van der Waals surface area contributed by atoms with Crippen LogP contribution in [0.1, 0.15) is 18.3 Å². The Balaban J connectivity index is 2.01. The van der Waals surface area contributed by atoms with Crippen LogP contribution < -0.4 is 5.73 Å². The molecule has 0 radical (unpaired) electrons. The van der Waals surface area contributed by atoms with E-state index in [2.05, 4.69) is 10.1 Å². The van der Waals surface area contributed by atoms with Gasteiger partial charge < -0.3 is 5.73 Å². The zero-order valence-electron chi connectivity index (χ0n) is 10.4. The molecule has 0 aliphatic heterocycles. The molecule has 1 heterocycles. The molecule has 2 aromatic rings. The van der Waals surface area contributed by atoms with Crippen molar-refractivity contribution in [2.24, 2.45) is 5.73 Å². The van der Waals surface area contributed by atoms with Gasteiger partial charge in [0.25, 0.3) is 0 Å². The van der Waals surface area contributed by atoms with Crippen molar-refractivity contribution in [2.45, 2.75) is 32.4 Å². The second-order valence-electron chi connectivity index (χ2n) is 4.25. The fourth-order valence-corrected chi connectivity index (χ4v) is 1.96. The molecule has 0 saturated carbocycles. The molecular formula is C13H17FN4. The largest absolute Gasteiger partial charge is 0.327 e. The summed E-state index contributed by atoms with van der Waals surface area (Å²) >= 11 is 0. The normalized spacial score (nSPS) is 12.6. The van der Waals surface area contributed by atoms with E-state index < -0.39 is 0 Å². The third-order valence-corrected chi connectivity index (χ3v) is 2.88. The van der Waals surface area contributed by atoms with E-state index in [1.807, 2.05) is 13.0 Å². The van der Waals surface area contributed by atoms with Gasteiger partial charge in [-0.15, -0.1) is 0 Å². The Hall–Kier alpha value is -1.75. The number of hydrogen-bond acceptors (Lipinski definition) is 3. The van der Waals surface area contributed by atoms with E-state index in [1.165, 1.54) is 12.4 Å². The number of aromatic nitrogens is 3. The highest BCUT2D eigenvalue weighted by Crippen LogP contribution is 2.10. The highest BCUT2D eigenvalue weighted by Gasteiger charge is 2.12. The van der Waals surface area contributed by atoms with E-state index in [4.69, 9.17) is 5.73 Å². The van der Waals surface area contributed by atoms with Crippen molar-refractivity contribution in [3.63, 3.8) is 0 Å². The SMILES string of the molecule is CCn1ncnc1CC(N)Cc1ccccc1F. The van der Waals surface area contributed by atoms with Crippen LogP contribution >= 0.6 is 0 Å². The van der Waals surface area contributed by atoms with Crippen molar-refractivity contribution in [2.75, 3.05) is 0 Å². The molecule has 0 aliphatic carbocycles. The number of aryl methyl sites for hydroxylation is 1. The van der Waals surface area contributed by atoms with E-state index in [0.717, 1.165) is 12.4 Å². The molecule has 0 saturated heterocycles. The number of benzene rings is 1. The Labute approximate surface area is 106 Å². The number of hydrogen-bond donors (Lipinski definition) is 1. The lowest BCUT2D eigenvalue weighted by molar-refractivity contribution is 0.551. The zero-order chi connectivity index (χ0) is 13.0. The van der Waals surface area contributed by atoms with Crippen LogP contribution in [0.2, 0.25) is 0 Å². The average molecular weight is 248 g/mol. The number of halogens is 1. The molecule has 0 bridgehead atoms. The van der Waals surface area contributed by atoms with Gasteiger partial charge in [-0.3, -0.25) is 4.68 Å². The number of rotatable bonds is 5. The zero-order valence-corrected chi connectivity index (χ0v) is 10.4. The molecule has 2 rings (SSSR count). The van der Waals surface area contributed by atoms with Crippen LogP contribution in [-0.2, 0) is 19.4 Å². The predicted octanol–water partition coefficient (Wildman–Crippen LogP) is 1.55. The topological polar surface area (TPSA) is 56.7 Å². The van der Waals surface area contributed by atoms with Crippen molar-refractivity contribution < 1.29 is 4.39 Å². The second-order valence-corrected chi connectivity index (χ2v) is 4.25. The summed E-state index contributed by atoms with van der Waals surface area (Å²) in [7, 11) is 0. The molecule has 0 fully saturated rings. The van der Waals surface area contributed by atoms with E-state index in [1.54, 1.807) is 16.8 Å². The highest BCUT2D eigenvalue weighted by atomic mass is 19.1. The lowest BCUT2D eigenvalue weighted by Crippen LogP contribution is -2.27. The van der Waals surface area contributed by atoms with Gasteiger partial charge in [-0.25, -0.2) is 9.37 Å². The van der Waals surface area contributed by atoms with Crippen molar-refractivity contribution in [3.05, 3.63) is 47.8 Å². The minimum Gasteiger partial charge on any atom is -0.327 e. The van der Waals surface area contributed by atoms with Gasteiger partial charge in [-0.2, -0.15) is 5.10 Å². The third-order valence-electron chi connectivity index (χ3n) is 2.88. The second kappa shape index (κ2) is 5.73. The molecule has 1 unspecified atom stereocenters. The predicted molar refractivity (Wildman–Crippen MR) is 67.5 cm³/mol. The molecule has 1 aromatic heterocycles. The van der Waals surface area contributed by atoms with E-state index in [-0.39, 0.29) is 11.9 Å². The van der Waals surface area contributed by atoms with E-state index in [0.29, 0.717) is 18.4 Å². The van der Waals surface area contributed by atoms with E-state index in [9.17, 15) is 4.39 Å². The van der Waals surface area contributed by atoms with Gasteiger partial charge in [-0.05, 0) is 25.0 Å². The summed E-state index contributed by atoms with van der Waals surface area (Å²) in [6.45, 7) is 2.77. The molecule has 1 atom stereocenters. The Kier molecular flexibility index (Phi) is 4.04. The molecule has 96 valence electrons. The summed E-state index contributed by atoms with van der Waals surface area (Å²) < 4.78 is 15.3. The van der Waals surface area contributed by atoms with Crippen LogP contribution in [0.3, 0.4) is 0 Å². The van der Waals surface area contributed by atoms with Crippen LogP contribution in [0.4, 0.5) is 4.39 Å². The van der Waals surface area contributed by atoms with Crippen LogP contribution in [0.5, 0.6) is 0 Å². The minimum absolute atomic E-state index is 0.156. The minimum atomic E-state index is -0.204. The van der Waals surface area contributed by atoms with Crippen LogP contribution in [0.15, 0.2) is 30.6 Å². The van der Waals surface area contributed by atoms with Gasteiger partial charge in [0, 0.05) is 19.0 Å². The first-order valence-electron chi connectivity index (χ1n) is 6.06. The summed E-state index contributed by atoms with van der Waals surface area (Å²) in [5, 5.41) is 4.09. The van der Waals surface area contributed by atoms with Crippen molar-refractivity contribution in [3.8, 4) is 0 Å².